The second-order valence-corrected chi connectivity index (χ2v) is 1.69. The number of amides is 1. The zero-order valence-electron chi connectivity index (χ0n) is 4.09. The quantitative estimate of drug-likeness (QED) is 0.520. The average molecular weight is 121 g/mol. The van der Waals surface area contributed by atoms with E-state index in [-0.39, 0.29) is 0 Å². The van der Waals surface area contributed by atoms with Crippen LogP contribution >= 0.6 is 9.39 Å². The van der Waals surface area contributed by atoms with E-state index in [0.29, 0.717) is 6.54 Å². The van der Waals surface area contributed by atoms with Crippen molar-refractivity contribution in [2.24, 2.45) is 0 Å². The second kappa shape index (κ2) is 2.80. The molecule has 0 aliphatic heterocycles. The summed E-state index contributed by atoms with van der Waals surface area (Å²) in [6.45, 7) is 2.28. The molecule has 1 unspecified atom stereocenters. The third-order valence-electron chi connectivity index (χ3n) is 0.586. The lowest BCUT2D eigenvalue weighted by atomic mass is 10.8. The van der Waals surface area contributed by atoms with Gasteiger partial charge in [0.05, 0.1) is 0 Å². The van der Waals surface area contributed by atoms with E-state index in [1.807, 2.05) is 0 Å². The smallest absolute Gasteiger partial charge is 0.410 e. The van der Waals surface area contributed by atoms with Gasteiger partial charge in [-0.1, -0.05) is 0 Å². The molecule has 0 rings (SSSR count). The molecule has 4 heteroatoms. The van der Waals surface area contributed by atoms with Crippen molar-refractivity contribution in [2.75, 3.05) is 6.54 Å². The van der Waals surface area contributed by atoms with Gasteiger partial charge in [0.2, 0.25) is 0 Å². The lowest BCUT2D eigenvalue weighted by Gasteiger charge is -2.06. The first-order valence-electron chi connectivity index (χ1n) is 1.93. The largest absolute Gasteiger partial charge is 0.465 e. The van der Waals surface area contributed by atoms with Crippen LogP contribution in [-0.4, -0.2) is 22.4 Å². The first kappa shape index (κ1) is 6.70. The summed E-state index contributed by atoms with van der Waals surface area (Å²) in [5, 5.41) is 8.09. The molecule has 1 amide bonds. The molecule has 7 heavy (non-hydrogen) atoms. The molecule has 0 aromatic carbocycles. The molecule has 3 nitrogen and oxygen atoms in total. The fraction of sp³-hybridized carbons (Fsp3) is 0.667. The van der Waals surface area contributed by atoms with Gasteiger partial charge in [-0.15, -0.1) is 0 Å². The zero-order valence-corrected chi connectivity index (χ0v) is 5.24. The van der Waals surface area contributed by atoms with Crippen molar-refractivity contribution in [3.05, 3.63) is 0 Å². The van der Waals surface area contributed by atoms with Crippen LogP contribution in [0.2, 0.25) is 0 Å². The Labute approximate surface area is 44.6 Å². The highest BCUT2D eigenvalue weighted by Gasteiger charge is 1.98. The molecule has 0 heterocycles. The van der Waals surface area contributed by atoms with E-state index < -0.39 is 6.09 Å². The summed E-state index contributed by atoms with van der Waals surface area (Å²) in [7, 11) is 2.08. The third-order valence-corrected chi connectivity index (χ3v) is 1.17. The first-order valence-corrected chi connectivity index (χ1v) is 2.45. The number of rotatable bonds is 1. The van der Waals surface area contributed by atoms with Crippen LogP contribution in [-0.2, 0) is 0 Å². The lowest BCUT2D eigenvalue weighted by Crippen LogP contribution is -2.16. The average Bonchev–Trinajstić information content (AvgIpc) is 1.65. The predicted molar refractivity (Wildman–Crippen MR) is 30.1 cm³/mol. The van der Waals surface area contributed by atoms with Gasteiger partial charge in [0.25, 0.3) is 0 Å². The standard InChI is InChI=1S/C3H8NO2P/c1-2-4(7)3(5)6/h2,7H2,1H3,(H,5,6). The minimum absolute atomic E-state index is 0.514. The molecular formula is C3H8NO2P. The molecule has 0 saturated carbocycles. The summed E-state index contributed by atoms with van der Waals surface area (Å²) in [5.74, 6) is 0. The topological polar surface area (TPSA) is 40.5 Å². The van der Waals surface area contributed by atoms with Gasteiger partial charge in [0, 0.05) is 6.54 Å². The SMILES string of the molecule is CCN(P)C(=O)O. The number of hydrogen-bond acceptors (Lipinski definition) is 1. The van der Waals surface area contributed by atoms with Crippen LogP contribution in [0.25, 0.3) is 0 Å². The summed E-state index contributed by atoms with van der Waals surface area (Å²) in [6.07, 6.45) is -0.910. The van der Waals surface area contributed by atoms with Gasteiger partial charge in [-0.2, -0.15) is 0 Å². The fourth-order valence-corrected chi connectivity index (χ4v) is 0.135. The van der Waals surface area contributed by atoms with Crippen LogP contribution in [0.4, 0.5) is 4.79 Å². The second-order valence-electron chi connectivity index (χ2n) is 1.07. The summed E-state index contributed by atoms with van der Waals surface area (Å²) in [4.78, 5) is 9.84. The van der Waals surface area contributed by atoms with Crippen molar-refractivity contribution in [3.8, 4) is 0 Å². The van der Waals surface area contributed by atoms with Crippen molar-refractivity contribution >= 4 is 15.5 Å². The Morgan fingerprint density at radius 2 is 2.43 bits per heavy atom. The van der Waals surface area contributed by atoms with Gasteiger partial charge in [-0.05, 0) is 16.3 Å². The van der Waals surface area contributed by atoms with Crippen molar-refractivity contribution in [3.63, 3.8) is 0 Å². The van der Waals surface area contributed by atoms with Gasteiger partial charge >= 0.3 is 6.09 Å². The molecule has 0 fully saturated rings. The number of nitrogens with zero attached hydrogens (tertiary/aromatic N) is 1. The molecule has 1 atom stereocenters. The maximum absolute atomic E-state index is 9.84. The number of carbonyl (C=O) groups is 1. The highest BCUT2D eigenvalue weighted by molar-refractivity contribution is 7.14. The van der Waals surface area contributed by atoms with E-state index >= 15 is 0 Å². The fourth-order valence-electron chi connectivity index (χ4n) is 0.135. The molecule has 1 N–H and O–H groups in total. The van der Waals surface area contributed by atoms with Crippen LogP contribution < -0.4 is 0 Å². The van der Waals surface area contributed by atoms with Crippen LogP contribution in [0.3, 0.4) is 0 Å². The van der Waals surface area contributed by atoms with Gasteiger partial charge in [0.15, 0.2) is 0 Å². The third kappa shape index (κ3) is 2.40. The van der Waals surface area contributed by atoms with Crippen molar-refractivity contribution in [2.45, 2.75) is 6.92 Å². The normalized spacial score (nSPS) is 8.29. The van der Waals surface area contributed by atoms with Gasteiger partial charge < -0.3 is 5.11 Å². The molecule has 0 aliphatic rings. The Balaban J connectivity index is 3.34. The van der Waals surface area contributed by atoms with E-state index in [0.717, 1.165) is 4.67 Å². The molecule has 0 bridgehead atoms. The maximum atomic E-state index is 9.84. The molecular weight excluding hydrogens is 113 g/mol. The number of carboxylic acid groups (broad SMARTS) is 1. The molecule has 0 spiro atoms. The molecule has 0 aliphatic carbocycles. The van der Waals surface area contributed by atoms with Crippen molar-refractivity contribution in [1.29, 1.82) is 0 Å². The molecule has 0 aromatic heterocycles. The highest BCUT2D eigenvalue weighted by atomic mass is 31.0. The molecule has 42 valence electrons. The van der Waals surface area contributed by atoms with E-state index in [1.54, 1.807) is 6.92 Å². The Hall–Kier alpha value is -0.300. The maximum Gasteiger partial charge on any atom is 0.410 e. The first-order chi connectivity index (χ1) is 3.18. The van der Waals surface area contributed by atoms with Crippen LogP contribution in [0.1, 0.15) is 6.92 Å². The predicted octanol–water partition coefficient (Wildman–Crippen LogP) is 0.776. The summed E-state index contributed by atoms with van der Waals surface area (Å²) in [5.41, 5.74) is 0. The van der Waals surface area contributed by atoms with E-state index in [4.69, 9.17) is 5.11 Å². The van der Waals surface area contributed by atoms with Gasteiger partial charge in [0.1, 0.15) is 0 Å². The van der Waals surface area contributed by atoms with E-state index in [1.165, 1.54) is 0 Å². The van der Waals surface area contributed by atoms with Crippen molar-refractivity contribution in [1.82, 2.24) is 4.67 Å². The van der Waals surface area contributed by atoms with Gasteiger partial charge in [-0.3, -0.25) is 4.67 Å². The Morgan fingerprint density at radius 3 is 2.43 bits per heavy atom. The number of hydrogen-bond donors (Lipinski definition) is 1. The summed E-state index contributed by atoms with van der Waals surface area (Å²) >= 11 is 0. The van der Waals surface area contributed by atoms with Crippen LogP contribution in [0.5, 0.6) is 0 Å². The Kier molecular flexibility index (Phi) is 2.68. The lowest BCUT2D eigenvalue weighted by molar-refractivity contribution is 0.176. The molecule has 0 aromatic rings. The van der Waals surface area contributed by atoms with Crippen LogP contribution in [0, 0.1) is 0 Å². The van der Waals surface area contributed by atoms with Crippen LogP contribution in [0.15, 0.2) is 0 Å². The van der Waals surface area contributed by atoms with Crippen molar-refractivity contribution < 1.29 is 9.90 Å². The Morgan fingerprint density at radius 1 is 2.00 bits per heavy atom. The molecule has 0 radical (unpaired) electrons. The minimum Gasteiger partial charge on any atom is -0.465 e. The molecule has 0 saturated heterocycles. The van der Waals surface area contributed by atoms with Gasteiger partial charge in [-0.25, -0.2) is 4.79 Å². The summed E-state index contributed by atoms with van der Waals surface area (Å²) < 4.78 is 1.12. The van der Waals surface area contributed by atoms with E-state index in [2.05, 4.69) is 9.39 Å². The van der Waals surface area contributed by atoms with E-state index in [9.17, 15) is 4.79 Å². The summed E-state index contributed by atoms with van der Waals surface area (Å²) in [6, 6.07) is 0. The minimum atomic E-state index is -0.910. The zero-order chi connectivity index (χ0) is 5.86. The highest BCUT2D eigenvalue weighted by Crippen LogP contribution is 1.94. The monoisotopic (exact) mass is 121 g/mol. The Bertz CT molecular complexity index is 75.3.